The van der Waals surface area contributed by atoms with Gasteiger partial charge in [0.05, 0.1) is 11.0 Å². The van der Waals surface area contributed by atoms with Crippen LogP contribution in [0.1, 0.15) is 104 Å². The Morgan fingerprint density at radius 2 is 1.14 bits per heavy atom. The molecule has 0 spiro atoms. The summed E-state index contributed by atoms with van der Waals surface area (Å²) < 4.78 is 16.2. The largest absolute Gasteiger partial charge is 0.456 e. The number of fused-ring (bicyclic) bond motifs is 15. The van der Waals surface area contributed by atoms with Crippen molar-refractivity contribution < 1.29 is 8.83 Å². The molecule has 1 aliphatic carbocycles. The molecule has 0 radical (unpaired) electrons. The highest BCUT2D eigenvalue weighted by Crippen LogP contribution is 2.51. The Labute approximate surface area is 369 Å². The highest BCUT2D eigenvalue weighted by Gasteiger charge is 2.45. The molecule has 7 aromatic carbocycles. The molecule has 4 nitrogen and oxygen atoms in total. The first kappa shape index (κ1) is 37.4. The minimum Gasteiger partial charge on any atom is -0.456 e. The van der Waals surface area contributed by atoms with Crippen LogP contribution in [-0.2, 0) is 21.7 Å². The van der Waals surface area contributed by atoms with Gasteiger partial charge in [0.25, 0.3) is 0 Å². The summed E-state index contributed by atoms with van der Waals surface area (Å²) in [7, 11) is 0. The van der Waals surface area contributed by atoms with Crippen molar-refractivity contribution in [2.24, 2.45) is 0 Å². The summed E-state index contributed by atoms with van der Waals surface area (Å²) in [6, 6.07) is 44.2. The normalized spacial score (nSPS) is 16.5. The molecular weight excluding hydrogens is 767 g/mol. The Morgan fingerprint density at radius 1 is 0.508 bits per heavy atom. The van der Waals surface area contributed by atoms with Crippen molar-refractivity contribution in [2.75, 3.05) is 4.81 Å². The van der Waals surface area contributed by atoms with Gasteiger partial charge in [-0.15, -0.1) is 0 Å². The van der Waals surface area contributed by atoms with Gasteiger partial charge in [-0.2, -0.15) is 0 Å². The monoisotopic (exact) mass is 820 g/mol. The zero-order chi connectivity index (χ0) is 43.3. The van der Waals surface area contributed by atoms with Gasteiger partial charge in [0.2, 0.25) is 0 Å². The highest BCUT2D eigenvalue weighted by atomic mass is 16.3. The summed E-state index contributed by atoms with van der Waals surface area (Å²) in [4.78, 5) is 2.64. The number of hydrogen-bond acceptors (Lipinski definition) is 3. The first-order chi connectivity index (χ1) is 30.0. The number of benzene rings is 7. The van der Waals surface area contributed by atoms with E-state index in [0.29, 0.717) is 0 Å². The fraction of sp³-hybridized carbons (Fsp3) is 0.276. The van der Waals surface area contributed by atoms with E-state index < -0.39 is 0 Å². The highest BCUT2D eigenvalue weighted by molar-refractivity contribution is 6.93. The third-order valence-electron chi connectivity index (χ3n) is 15.5. The van der Waals surface area contributed by atoms with Crippen molar-refractivity contribution in [3.05, 3.63) is 138 Å². The van der Waals surface area contributed by atoms with E-state index in [1.807, 2.05) is 0 Å². The summed E-state index contributed by atoms with van der Waals surface area (Å²) in [6.07, 6.45) is 2.34. The fourth-order valence-electron chi connectivity index (χ4n) is 11.8. The first-order valence-electron chi connectivity index (χ1n) is 23.0. The lowest BCUT2D eigenvalue weighted by Crippen LogP contribution is -2.60. The van der Waals surface area contributed by atoms with Crippen molar-refractivity contribution in [2.45, 2.75) is 104 Å². The van der Waals surface area contributed by atoms with Crippen LogP contribution in [0.5, 0.6) is 0 Å². The van der Waals surface area contributed by atoms with Gasteiger partial charge in [-0.25, -0.2) is 0 Å². The number of furan rings is 2. The third kappa shape index (κ3) is 5.00. The molecule has 0 bridgehead atoms. The van der Waals surface area contributed by atoms with Crippen molar-refractivity contribution in [1.29, 1.82) is 0 Å². The van der Waals surface area contributed by atoms with Crippen LogP contribution >= 0.6 is 0 Å². The quantitative estimate of drug-likeness (QED) is 0.155. The van der Waals surface area contributed by atoms with Crippen molar-refractivity contribution >= 4 is 94.8 Å². The van der Waals surface area contributed by atoms with Gasteiger partial charge in [-0.3, -0.25) is 0 Å². The second-order valence-electron chi connectivity index (χ2n) is 22.4. The van der Waals surface area contributed by atoms with Crippen LogP contribution in [0, 0.1) is 0 Å². The second-order valence-corrected chi connectivity index (χ2v) is 22.4. The summed E-state index contributed by atoms with van der Waals surface area (Å²) in [5.41, 5.74) is 20.7. The van der Waals surface area contributed by atoms with E-state index in [0.717, 1.165) is 33.1 Å². The number of anilines is 2. The number of nitrogens with zero attached hydrogens (tertiary/aromatic N) is 2. The van der Waals surface area contributed by atoms with Crippen LogP contribution in [0.2, 0.25) is 0 Å². The van der Waals surface area contributed by atoms with Gasteiger partial charge in [0.1, 0.15) is 22.3 Å². The Balaban J connectivity index is 1.17. The average Bonchev–Trinajstić information content (AvgIpc) is 3.90. The smallest absolute Gasteiger partial charge is 0.333 e. The second kappa shape index (κ2) is 11.9. The van der Waals surface area contributed by atoms with Gasteiger partial charge >= 0.3 is 6.85 Å². The molecular formula is C58H53BN2O2. The summed E-state index contributed by atoms with van der Waals surface area (Å²) in [6.45, 7) is 23.4. The fourth-order valence-corrected chi connectivity index (χ4v) is 11.8. The molecule has 0 saturated carbocycles. The molecule has 2 aliphatic heterocycles. The van der Waals surface area contributed by atoms with Gasteiger partial charge in [-0.05, 0) is 128 Å². The van der Waals surface area contributed by atoms with Gasteiger partial charge in [-0.1, -0.05) is 124 Å². The predicted molar refractivity (Wildman–Crippen MR) is 267 cm³/mol. The molecule has 3 aromatic heterocycles. The molecule has 5 heterocycles. The molecule has 10 aromatic rings. The molecule has 0 atom stereocenters. The number of hydrogen-bond donors (Lipinski definition) is 0. The molecule has 0 amide bonds. The Bertz CT molecular complexity index is 3650. The Kier molecular flexibility index (Phi) is 7.04. The van der Waals surface area contributed by atoms with E-state index in [1.54, 1.807) is 0 Å². The number of para-hydroxylation sites is 1. The molecule has 3 aliphatic rings. The van der Waals surface area contributed by atoms with E-state index in [2.05, 4.69) is 194 Å². The minimum atomic E-state index is -0.0923. The molecule has 5 heteroatoms. The summed E-state index contributed by atoms with van der Waals surface area (Å²) in [5.74, 6) is 0. The van der Waals surface area contributed by atoms with Gasteiger partial charge in [0, 0.05) is 61.0 Å². The maximum Gasteiger partial charge on any atom is 0.333 e. The first-order valence-corrected chi connectivity index (χ1v) is 23.0. The molecule has 0 saturated heterocycles. The Hall–Kier alpha value is -6.20. The van der Waals surface area contributed by atoms with Crippen molar-refractivity contribution in [1.82, 2.24) is 4.57 Å². The van der Waals surface area contributed by atoms with Crippen LogP contribution in [0.25, 0.3) is 82.5 Å². The van der Waals surface area contributed by atoms with Crippen molar-refractivity contribution in [3.8, 4) is 16.8 Å². The van der Waals surface area contributed by atoms with E-state index in [9.17, 15) is 0 Å². The lowest BCUT2D eigenvalue weighted by atomic mass is 9.43. The van der Waals surface area contributed by atoms with E-state index in [4.69, 9.17) is 8.83 Å². The van der Waals surface area contributed by atoms with Crippen molar-refractivity contribution in [3.63, 3.8) is 0 Å². The summed E-state index contributed by atoms with van der Waals surface area (Å²) in [5, 5.41) is 7.14. The maximum atomic E-state index is 7.03. The number of rotatable bonds is 1. The Morgan fingerprint density at radius 3 is 1.89 bits per heavy atom. The SMILES string of the molecule is CC(C)(C)c1ccc(N2B3c4cc(C(C)(C)C)ccc4-n4c5cc6c(cc5c5ccc(c3c54)-c3cc4c(cc32)oc2cc3c(cc24)C(C)(C)CCC3(C)C)oc2ccccc26)cc1. The molecule has 13 rings (SSSR count). The molecule has 310 valence electrons. The summed E-state index contributed by atoms with van der Waals surface area (Å²) >= 11 is 0. The van der Waals surface area contributed by atoms with Crippen LogP contribution in [0.15, 0.2) is 124 Å². The van der Waals surface area contributed by atoms with E-state index >= 15 is 0 Å². The molecule has 63 heavy (non-hydrogen) atoms. The zero-order valence-corrected chi connectivity index (χ0v) is 38.2. The minimum absolute atomic E-state index is 0.0321. The average molecular weight is 821 g/mol. The van der Waals surface area contributed by atoms with Crippen LogP contribution in [-0.4, -0.2) is 11.4 Å². The van der Waals surface area contributed by atoms with E-state index in [1.165, 1.54) is 107 Å². The van der Waals surface area contributed by atoms with Crippen LogP contribution < -0.4 is 15.7 Å². The van der Waals surface area contributed by atoms with Crippen LogP contribution in [0.4, 0.5) is 11.4 Å². The van der Waals surface area contributed by atoms with Gasteiger partial charge in [0.15, 0.2) is 0 Å². The number of aromatic nitrogens is 1. The lowest BCUT2D eigenvalue weighted by molar-refractivity contribution is 0.332. The standard InChI is InChI=1S/C58H53BN2O2/c1-55(2,3)32-15-18-34(19-16-32)61-48-31-52-40(41-27-43-44(30-51(41)63-52)58(9,10)24-23-57(43,7)8)26-38(48)36-20-21-37-39-29-50-42(35-13-11-12-14-49(35)62-50)28-47(39)60-46-22-17-33(56(4,5)6)25-45(46)59(61)53(36)54(37)60/h11-22,25-31H,23-24H2,1-10H3. The van der Waals surface area contributed by atoms with E-state index in [-0.39, 0.29) is 28.5 Å². The van der Waals surface area contributed by atoms with Crippen LogP contribution in [0.3, 0.4) is 0 Å². The topological polar surface area (TPSA) is 34.5 Å². The molecule has 0 N–H and O–H groups in total. The zero-order valence-electron chi connectivity index (χ0n) is 38.2. The third-order valence-corrected chi connectivity index (χ3v) is 15.5. The lowest BCUT2D eigenvalue weighted by Gasteiger charge is -2.42. The molecule has 0 fully saturated rings. The van der Waals surface area contributed by atoms with Gasteiger partial charge < -0.3 is 18.2 Å². The maximum absolute atomic E-state index is 7.03. The predicted octanol–water partition coefficient (Wildman–Crippen LogP) is 14.8. The molecule has 0 unspecified atom stereocenters.